The van der Waals surface area contributed by atoms with E-state index in [0.717, 1.165) is 26.1 Å². The molecule has 0 bridgehead atoms. The smallest absolute Gasteiger partial charge is 0.870 e. The van der Waals surface area contributed by atoms with Crippen molar-refractivity contribution < 1.29 is 239 Å². The van der Waals surface area contributed by atoms with Crippen LogP contribution in [0.3, 0.4) is 0 Å². The van der Waals surface area contributed by atoms with E-state index < -0.39 is 23.3 Å². The van der Waals surface area contributed by atoms with Crippen molar-refractivity contribution in [3.05, 3.63) is 49.1 Å². The minimum atomic E-state index is -0.695. The van der Waals surface area contributed by atoms with Gasteiger partial charge in [0.25, 0.3) is 0 Å². The number of isocyanates is 2. The number of alkyl halides is 1. The predicted molar refractivity (Wildman–Crippen MR) is 495 cm³/mol. The average Bonchev–Trinajstić information content (AvgIpc) is 1.82. The number of aliphatic hydroxyl groups excluding tert-OH is 6. The van der Waals surface area contributed by atoms with Crippen LogP contribution in [0.2, 0.25) is 0 Å². The third-order valence-electron chi connectivity index (χ3n) is 14.3. The van der Waals surface area contributed by atoms with Gasteiger partial charge in [0.2, 0.25) is 17.4 Å². The van der Waals surface area contributed by atoms with Crippen molar-refractivity contribution in [2.24, 2.45) is 21.5 Å². The summed E-state index contributed by atoms with van der Waals surface area (Å²) in [5.74, 6) is -0.191. The monoisotopic (exact) mass is 2030 g/mol. The van der Waals surface area contributed by atoms with Gasteiger partial charge in [-0.15, -0.1) is 11.6 Å². The van der Waals surface area contributed by atoms with Crippen molar-refractivity contribution in [3.8, 4) is 6.07 Å². The molecular weight excluding hydrogens is 1860 g/mol. The van der Waals surface area contributed by atoms with Crippen molar-refractivity contribution in [1.82, 2.24) is 0 Å². The van der Waals surface area contributed by atoms with Crippen LogP contribution in [0.5, 0.6) is 0 Å². The van der Waals surface area contributed by atoms with Gasteiger partial charge in [0, 0.05) is 49.2 Å². The summed E-state index contributed by atoms with van der Waals surface area (Å²) >= 11 is 10.1. The van der Waals surface area contributed by atoms with Crippen LogP contribution >= 0.6 is 23.2 Å². The van der Waals surface area contributed by atoms with Crippen molar-refractivity contribution in [1.29, 1.82) is 5.26 Å². The first-order valence-electron chi connectivity index (χ1n) is 44.2. The van der Waals surface area contributed by atoms with E-state index in [9.17, 15) is 28.8 Å². The van der Waals surface area contributed by atoms with E-state index in [1.165, 1.54) is 18.2 Å². The zero-order valence-electron chi connectivity index (χ0n) is 82.1. The first-order valence-corrected chi connectivity index (χ1v) is 45.1. The summed E-state index contributed by atoms with van der Waals surface area (Å²) in [6.07, 6.45) is 7.14. The molecule has 3 fully saturated rings. The van der Waals surface area contributed by atoms with Crippen LogP contribution in [-0.4, -0.2) is 455 Å². The molecule has 10 unspecified atom stereocenters. The van der Waals surface area contributed by atoms with E-state index in [4.69, 9.17) is 194 Å². The molecule has 0 aromatic carbocycles. The fourth-order valence-corrected chi connectivity index (χ4v) is 7.65. The molecule has 3 rings (SSSR count). The van der Waals surface area contributed by atoms with Crippen molar-refractivity contribution in [2.45, 2.75) is 156 Å². The molecule has 0 radical (unpaired) electrons. The molecule has 0 saturated carbocycles. The first-order chi connectivity index (χ1) is 64.1. The van der Waals surface area contributed by atoms with Crippen LogP contribution in [0, 0.1) is 11.3 Å². The fourth-order valence-electron chi connectivity index (χ4n) is 7.47. The molecule has 3 saturated heterocycles. The second-order valence-electron chi connectivity index (χ2n) is 27.7. The summed E-state index contributed by atoms with van der Waals surface area (Å²) in [5, 5.41) is 57.2. The average molecular weight is 2030 g/mol. The number of rotatable bonds is 79. The number of ether oxygens (including phenoxy) is 26. The first kappa shape index (κ1) is 149. The number of allylic oxidation sites excluding steroid dienone is 2. The number of carbonyl (C=O) groups excluding carboxylic acids is 6. The second-order valence-corrected chi connectivity index (χ2v) is 28.4. The standard InChI is InChI=1S/C15H26N2O6.C15H24O6.C14H24O8.C13H30N2O4.3C7H16O4.C4H5ClO.C3H5ClO.C3H3N.K.H2O/c1-15(23-11-10-21-7-3-5-17-14-19)12-22-9-8-20-6-2-4-16-13-18;1-11(2)14(16)20-7-6-18-10-13(5)19-8-9-21-15(17)12(3)4;1-11(6-16-2-3-17-7-12-8-20-12)18-4-5-19-14(15)22-10-13-9-21-13;1-13(19-11-10-17-7-3-5-15)12-18-9-8-16-6-2-4-14;3*1-7(11-5-3-9)6-10-4-2-8;1-3(2)4(5)6;4-1-3-2-5-3;1-2-3-4;;/h15H,2-12H2,1H3;13H,1,3,6-10H2,2,4-5H3;11-13H,2-10H2,1H3;13H,2-12,14-15H2,1H3;3*7-9H,2-6H2,1H3;1H2,2H3;3H,1-2H2;2H,1H2;;1H2/q;;;;;;;;;;+1;/p-1. The van der Waals surface area contributed by atoms with Gasteiger partial charge in [-0.1, -0.05) is 26.3 Å². The molecule has 47 heteroatoms. The van der Waals surface area contributed by atoms with Crippen LogP contribution in [0.1, 0.15) is 94.9 Å². The Kier molecular flexibility index (Phi) is 137. The number of nitrogens with two attached hydrogens (primary N) is 2. The molecular formula is C88H166Cl2KN5O39. The van der Waals surface area contributed by atoms with E-state index in [0.29, 0.717) is 266 Å². The molecule has 0 aromatic rings. The Labute approximate surface area is 852 Å². The van der Waals surface area contributed by atoms with Gasteiger partial charge in [-0.25, -0.2) is 34.0 Å². The number of esters is 2. The largest absolute Gasteiger partial charge is 1.00 e. The molecule has 0 aromatic heterocycles. The predicted octanol–water partition coefficient (Wildman–Crippen LogP) is 0.707. The normalized spacial score (nSPS) is 14.4. The van der Waals surface area contributed by atoms with Crippen molar-refractivity contribution in [3.63, 3.8) is 0 Å². The fraction of sp³-hybridized carbons (Fsp3) is 0.830. The summed E-state index contributed by atoms with van der Waals surface area (Å²) in [7, 11) is 0. The molecule has 0 amide bonds. The number of aliphatic hydroxyl groups is 6. The molecule has 44 nitrogen and oxygen atoms in total. The zero-order chi connectivity index (χ0) is 101. The Balaban J connectivity index is -0.000000193. The minimum absolute atomic E-state index is 0. The number of nitriles is 1. The summed E-state index contributed by atoms with van der Waals surface area (Å²) in [6.45, 7) is 51.5. The molecule has 3 aliphatic rings. The number of aliphatic imine (C=N–C) groups is 2. The van der Waals surface area contributed by atoms with Crippen LogP contribution in [0.25, 0.3) is 0 Å². The van der Waals surface area contributed by atoms with Crippen molar-refractivity contribution in [2.75, 3.05) is 323 Å². The van der Waals surface area contributed by atoms with Crippen LogP contribution < -0.4 is 62.9 Å². The van der Waals surface area contributed by atoms with Gasteiger partial charge < -0.3 is 171 Å². The Morgan fingerprint density at radius 2 is 0.637 bits per heavy atom. The number of hydrogen-bond acceptors (Lipinski definition) is 44. The zero-order valence-corrected chi connectivity index (χ0v) is 86.7. The molecule has 10 atom stereocenters. The van der Waals surface area contributed by atoms with Gasteiger partial charge in [0.1, 0.15) is 38.6 Å². The van der Waals surface area contributed by atoms with Gasteiger partial charge in [0.15, 0.2) is 0 Å². The topological polar surface area (TPSA) is 604 Å². The molecule has 792 valence electrons. The molecule has 0 spiro atoms. The SMILES string of the molecule is C=C(C)C(=O)Cl.C=C(C)C(=O)OCCOCC(C)OCCOC(=O)C(=C)C.C=CC#N.CC(COCCO)OCCO.CC(COCCO)OCCO.CC(COCCO)OCCO.CC(COCCOCC1CO1)OCCOC(=O)OCC1CO1.CC(COCCOCCCN)OCCOCCCN.CC(COCCOCCCN=C=O)OCCOCCCN=C=O.ClCC1CO1.[K+].[OH-]. The number of epoxide rings is 3. The van der Waals surface area contributed by atoms with Gasteiger partial charge in [-0.3, -0.25) is 4.79 Å². The molecule has 3 heterocycles. The summed E-state index contributed by atoms with van der Waals surface area (Å²) in [6, 6.07) is 1.69. The molecule has 11 N–H and O–H groups in total. The van der Waals surface area contributed by atoms with E-state index in [1.807, 2.05) is 48.5 Å². The van der Waals surface area contributed by atoms with Crippen LogP contribution in [0.15, 0.2) is 59.1 Å². The number of nitrogens with zero attached hydrogens (tertiary/aromatic N) is 3. The quantitative estimate of drug-likeness (QED) is 0.00355. The van der Waals surface area contributed by atoms with Crippen LogP contribution in [0.4, 0.5) is 4.79 Å². The van der Waals surface area contributed by atoms with Gasteiger partial charge in [0.05, 0.1) is 312 Å². The summed E-state index contributed by atoms with van der Waals surface area (Å²) in [5.41, 5.74) is 11.8. The van der Waals surface area contributed by atoms with E-state index in [1.54, 1.807) is 26.8 Å². The molecule has 135 heavy (non-hydrogen) atoms. The third kappa shape index (κ3) is 146. The third-order valence-corrected chi connectivity index (χ3v) is 15.0. The summed E-state index contributed by atoms with van der Waals surface area (Å²) in [4.78, 5) is 69.6. The maximum atomic E-state index is 11.1. The van der Waals surface area contributed by atoms with Gasteiger partial charge in [-0.2, -0.15) is 5.26 Å². The summed E-state index contributed by atoms with van der Waals surface area (Å²) < 4.78 is 134. The van der Waals surface area contributed by atoms with E-state index in [2.05, 4.69) is 36.3 Å². The number of hydrogen-bond donors (Lipinski definition) is 8. The van der Waals surface area contributed by atoms with Gasteiger partial charge >= 0.3 is 69.5 Å². The number of carbonyl (C=O) groups is 4. The maximum absolute atomic E-state index is 11.1. The Hall–Kier alpha value is -3.93. The Morgan fingerprint density at radius 1 is 0.393 bits per heavy atom. The van der Waals surface area contributed by atoms with E-state index in [-0.39, 0.29) is 191 Å². The second kappa shape index (κ2) is 124. The van der Waals surface area contributed by atoms with Crippen molar-refractivity contribution >= 4 is 58.7 Å². The maximum Gasteiger partial charge on any atom is 1.00 e. The van der Waals surface area contributed by atoms with Crippen LogP contribution in [-0.2, 0) is 147 Å². The Morgan fingerprint density at radius 3 is 0.896 bits per heavy atom. The minimum Gasteiger partial charge on any atom is -0.870 e. The number of halogens is 2. The molecule has 3 aliphatic heterocycles. The van der Waals surface area contributed by atoms with Gasteiger partial charge in [-0.05, 0) is 120 Å². The molecule has 0 aliphatic carbocycles. The Bertz CT molecular complexity index is 2660. The van der Waals surface area contributed by atoms with E-state index >= 15 is 0 Å².